The van der Waals surface area contributed by atoms with E-state index in [2.05, 4.69) is 5.32 Å². The highest BCUT2D eigenvalue weighted by molar-refractivity contribution is 5.96. The van der Waals surface area contributed by atoms with Crippen LogP contribution >= 0.6 is 0 Å². The molecule has 1 unspecified atom stereocenters. The summed E-state index contributed by atoms with van der Waals surface area (Å²) in [7, 11) is 0. The first kappa shape index (κ1) is 22.8. The zero-order valence-electron chi connectivity index (χ0n) is 18.6. The number of furan rings is 1. The van der Waals surface area contributed by atoms with Gasteiger partial charge in [0.1, 0.15) is 11.9 Å². The minimum Gasteiger partial charge on any atom is -0.459 e. The molecule has 2 amide bonds. The normalized spacial score (nSPS) is 15.1. The lowest BCUT2D eigenvalue weighted by Crippen LogP contribution is -2.47. The number of halogens is 1. The van der Waals surface area contributed by atoms with Crippen LogP contribution in [0.4, 0.5) is 4.39 Å². The van der Waals surface area contributed by atoms with Gasteiger partial charge in [-0.05, 0) is 54.7 Å². The van der Waals surface area contributed by atoms with Crippen molar-refractivity contribution in [2.45, 2.75) is 50.6 Å². The van der Waals surface area contributed by atoms with Gasteiger partial charge in [0, 0.05) is 12.6 Å². The van der Waals surface area contributed by atoms with Crippen molar-refractivity contribution in [2.75, 3.05) is 6.54 Å². The van der Waals surface area contributed by atoms with Gasteiger partial charge in [0.2, 0.25) is 5.91 Å². The molecule has 0 spiro atoms. The summed E-state index contributed by atoms with van der Waals surface area (Å²) in [4.78, 5) is 28.6. The lowest BCUT2D eigenvalue weighted by atomic mass is 9.94. The highest BCUT2D eigenvalue weighted by Gasteiger charge is 2.34. The second-order valence-electron chi connectivity index (χ2n) is 8.51. The first-order valence-electron chi connectivity index (χ1n) is 11.6. The summed E-state index contributed by atoms with van der Waals surface area (Å²) >= 11 is 0. The Labute approximate surface area is 193 Å². The maximum Gasteiger partial charge on any atom is 0.290 e. The van der Waals surface area contributed by atoms with E-state index in [4.69, 9.17) is 4.42 Å². The van der Waals surface area contributed by atoms with Gasteiger partial charge in [0.05, 0.1) is 6.26 Å². The molecule has 1 fully saturated rings. The smallest absolute Gasteiger partial charge is 0.290 e. The molecular weight excluding hydrogens is 419 g/mol. The predicted molar refractivity (Wildman–Crippen MR) is 124 cm³/mol. The molecule has 1 heterocycles. The lowest BCUT2D eigenvalue weighted by Gasteiger charge is -2.33. The molecule has 5 nitrogen and oxygen atoms in total. The predicted octanol–water partition coefficient (Wildman–Crippen LogP) is 5.29. The van der Waals surface area contributed by atoms with E-state index in [9.17, 15) is 14.0 Å². The van der Waals surface area contributed by atoms with Gasteiger partial charge in [-0.1, -0.05) is 61.7 Å². The minimum atomic E-state index is -0.895. The fourth-order valence-electron chi connectivity index (χ4n) is 4.43. The molecule has 2 aromatic carbocycles. The van der Waals surface area contributed by atoms with Crippen molar-refractivity contribution < 1.29 is 18.4 Å². The number of hydrogen-bond acceptors (Lipinski definition) is 3. The highest BCUT2D eigenvalue weighted by atomic mass is 19.1. The van der Waals surface area contributed by atoms with Gasteiger partial charge in [-0.2, -0.15) is 0 Å². The molecule has 6 heteroatoms. The summed E-state index contributed by atoms with van der Waals surface area (Å²) in [5, 5.41) is 3.15. The maximum atomic E-state index is 13.7. The standard InChI is InChI=1S/C27H29FN2O3/c28-22-15-13-21(14-16-22)25(26(31)29-23-10-5-2-6-11-23)30(27(32)24-12-7-19-33-24)18-17-20-8-3-1-4-9-20/h1,3-4,7-9,12-16,19,23,25H,2,5-6,10-11,17-18H2,(H,29,31). The van der Waals surface area contributed by atoms with Crippen LogP contribution in [0.5, 0.6) is 0 Å². The van der Waals surface area contributed by atoms with Gasteiger partial charge < -0.3 is 14.6 Å². The van der Waals surface area contributed by atoms with Crippen molar-refractivity contribution in [2.24, 2.45) is 0 Å². The Bertz CT molecular complexity index is 1030. The Hall–Kier alpha value is -3.41. The summed E-state index contributed by atoms with van der Waals surface area (Å²) < 4.78 is 19.1. The van der Waals surface area contributed by atoms with Crippen LogP contribution in [0.3, 0.4) is 0 Å². The van der Waals surface area contributed by atoms with Gasteiger partial charge in [-0.15, -0.1) is 0 Å². The Morgan fingerprint density at radius 3 is 2.36 bits per heavy atom. The number of hydrogen-bond donors (Lipinski definition) is 1. The molecule has 1 aliphatic carbocycles. The van der Waals surface area contributed by atoms with Gasteiger partial charge in [-0.25, -0.2) is 4.39 Å². The number of rotatable bonds is 8. The van der Waals surface area contributed by atoms with Crippen molar-refractivity contribution in [3.05, 3.63) is 95.7 Å². The van der Waals surface area contributed by atoms with Crippen LogP contribution in [0.1, 0.15) is 59.8 Å². The fourth-order valence-corrected chi connectivity index (χ4v) is 4.43. The van der Waals surface area contributed by atoms with Gasteiger partial charge in [0.25, 0.3) is 5.91 Å². The summed E-state index contributed by atoms with van der Waals surface area (Å²) in [6.45, 7) is 0.309. The van der Waals surface area contributed by atoms with Crippen molar-refractivity contribution in [1.29, 1.82) is 0 Å². The van der Waals surface area contributed by atoms with Crippen molar-refractivity contribution in [1.82, 2.24) is 10.2 Å². The third-order valence-electron chi connectivity index (χ3n) is 6.17. The van der Waals surface area contributed by atoms with E-state index >= 15 is 0 Å². The maximum absolute atomic E-state index is 13.7. The molecule has 1 aromatic heterocycles. The van der Waals surface area contributed by atoms with Crippen LogP contribution in [0.2, 0.25) is 0 Å². The van der Waals surface area contributed by atoms with Crippen LogP contribution in [-0.2, 0) is 11.2 Å². The molecule has 1 N–H and O–H groups in total. The third-order valence-corrected chi connectivity index (χ3v) is 6.17. The molecule has 1 saturated carbocycles. The Balaban J connectivity index is 1.66. The second-order valence-corrected chi connectivity index (χ2v) is 8.51. The van der Waals surface area contributed by atoms with Gasteiger partial charge in [-0.3, -0.25) is 9.59 Å². The fraction of sp³-hybridized carbons (Fsp3) is 0.333. The summed E-state index contributed by atoms with van der Waals surface area (Å²) in [5.74, 6) is -0.843. The van der Waals surface area contributed by atoms with Crippen LogP contribution in [0, 0.1) is 5.82 Å². The number of amides is 2. The van der Waals surface area contributed by atoms with E-state index in [1.165, 1.54) is 29.7 Å². The van der Waals surface area contributed by atoms with E-state index in [1.54, 1.807) is 24.3 Å². The molecule has 172 valence electrons. The van der Waals surface area contributed by atoms with Crippen LogP contribution in [-0.4, -0.2) is 29.3 Å². The Kier molecular flexibility index (Phi) is 7.55. The van der Waals surface area contributed by atoms with Crippen LogP contribution in [0.25, 0.3) is 0 Å². The summed E-state index contributed by atoms with van der Waals surface area (Å²) in [6, 6.07) is 18.0. The second kappa shape index (κ2) is 10.9. The Morgan fingerprint density at radius 2 is 1.70 bits per heavy atom. The monoisotopic (exact) mass is 448 g/mol. The van der Waals surface area contributed by atoms with E-state index in [0.717, 1.165) is 31.2 Å². The zero-order chi connectivity index (χ0) is 23.0. The number of carbonyl (C=O) groups excluding carboxylic acids is 2. The molecule has 1 aliphatic rings. The highest BCUT2D eigenvalue weighted by Crippen LogP contribution is 2.26. The molecule has 0 aliphatic heterocycles. The number of benzene rings is 2. The quantitative estimate of drug-likeness (QED) is 0.509. The average Bonchev–Trinajstić information content (AvgIpc) is 3.38. The first-order valence-corrected chi connectivity index (χ1v) is 11.6. The SMILES string of the molecule is O=C(NC1CCCCC1)C(c1ccc(F)cc1)N(CCc1ccccc1)C(=O)c1ccco1. The molecule has 4 rings (SSSR count). The zero-order valence-corrected chi connectivity index (χ0v) is 18.6. The minimum absolute atomic E-state index is 0.0869. The first-order chi connectivity index (χ1) is 16.1. The van der Waals surface area contributed by atoms with Crippen LogP contribution < -0.4 is 5.32 Å². The van der Waals surface area contributed by atoms with Gasteiger partial charge >= 0.3 is 0 Å². The van der Waals surface area contributed by atoms with E-state index in [-0.39, 0.29) is 23.6 Å². The van der Waals surface area contributed by atoms with Crippen molar-refractivity contribution in [3.63, 3.8) is 0 Å². The summed E-state index contributed by atoms with van der Waals surface area (Å²) in [5.41, 5.74) is 1.62. The summed E-state index contributed by atoms with van der Waals surface area (Å²) in [6.07, 6.45) is 7.20. The van der Waals surface area contributed by atoms with E-state index in [1.807, 2.05) is 30.3 Å². The third kappa shape index (κ3) is 5.89. The average molecular weight is 449 g/mol. The molecule has 0 bridgehead atoms. The van der Waals surface area contributed by atoms with E-state index in [0.29, 0.717) is 18.5 Å². The molecular formula is C27H29FN2O3. The van der Waals surface area contributed by atoms with E-state index < -0.39 is 11.9 Å². The lowest BCUT2D eigenvalue weighted by molar-refractivity contribution is -0.126. The number of nitrogens with one attached hydrogen (secondary N) is 1. The van der Waals surface area contributed by atoms with Crippen molar-refractivity contribution >= 4 is 11.8 Å². The topological polar surface area (TPSA) is 62.6 Å². The largest absolute Gasteiger partial charge is 0.459 e. The van der Waals surface area contributed by atoms with Gasteiger partial charge in [0.15, 0.2) is 5.76 Å². The Morgan fingerprint density at radius 1 is 0.970 bits per heavy atom. The van der Waals surface area contributed by atoms with Crippen LogP contribution in [0.15, 0.2) is 77.4 Å². The molecule has 33 heavy (non-hydrogen) atoms. The molecule has 1 atom stereocenters. The molecule has 3 aromatic rings. The molecule has 0 saturated heterocycles. The number of carbonyl (C=O) groups is 2. The molecule has 0 radical (unpaired) electrons. The number of nitrogens with zero attached hydrogens (tertiary/aromatic N) is 1. The van der Waals surface area contributed by atoms with Crippen molar-refractivity contribution in [3.8, 4) is 0 Å².